The number of nitrogens with one attached hydrogen (secondary N) is 1. The van der Waals surface area contributed by atoms with Gasteiger partial charge in [0.05, 0.1) is 5.71 Å². The minimum absolute atomic E-state index is 0.243. The molecule has 0 aliphatic heterocycles. The summed E-state index contributed by atoms with van der Waals surface area (Å²) in [6.45, 7) is 1.83. The van der Waals surface area contributed by atoms with E-state index in [1.807, 2.05) is 31.2 Å². The number of halogens is 1. The van der Waals surface area contributed by atoms with Crippen LogP contribution in [0.1, 0.15) is 22.8 Å². The topological polar surface area (TPSA) is 67.5 Å². The molecular weight excluding hydrogens is 318 g/mol. The number of anilines is 1. The number of rotatable bonds is 3. The maximum absolute atomic E-state index is 11.9. The van der Waals surface area contributed by atoms with E-state index in [2.05, 4.69) is 26.5 Å². The molecule has 0 atom stereocenters. The number of hydrogen-bond donors (Lipinski definition) is 2. The van der Waals surface area contributed by atoms with Gasteiger partial charge in [-0.1, -0.05) is 28.1 Å². The average molecular weight is 332 g/mol. The summed E-state index contributed by atoms with van der Waals surface area (Å²) in [6.07, 6.45) is 0. The number of carbonyl (C=O) groups excluding carboxylic acids is 1. The van der Waals surface area contributed by atoms with Crippen LogP contribution in [0.5, 0.6) is 0 Å². The first kappa shape index (κ1) is 14.3. The highest BCUT2D eigenvalue weighted by Gasteiger charge is 2.04. The van der Waals surface area contributed by atoms with Crippen LogP contribution >= 0.6 is 15.9 Å². The Labute approximate surface area is 125 Å². The molecule has 0 spiro atoms. The number of carbonyl (C=O) groups is 1. The number of amides is 1. The molecule has 0 fully saturated rings. The predicted octanol–water partition coefficient (Wildman–Crippen LogP) is 3.19. The molecule has 2 aromatic carbocycles. The Kier molecular flexibility index (Phi) is 4.53. The largest absolute Gasteiger partial charge is 0.399 e. The highest BCUT2D eigenvalue weighted by atomic mass is 79.9. The molecule has 2 rings (SSSR count). The number of hydrazone groups is 1. The lowest BCUT2D eigenvalue weighted by Crippen LogP contribution is -2.19. The molecule has 4 nitrogen and oxygen atoms in total. The minimum atomic E-state index is -0.243. The fraction of sp³-hybridized carbons (Fsp3) is 0.0667. The number of nitrogens with zero attached hydrogens (tertiary/aromatic N) is 1. The lowest BCUT2D eigenvalue weighted by Gasteiger charge is -2.03. The molecule has 3 N–H and O–H groups in total. The van der Waals surface area contributed by atoms with E-state index in [1.165, 1.54) is 0 Å². The molecule has 0 unspecified atom stereocenters. The molecule has 20 heavy (non-hydrogen) atoms. The molecule has 1 amide bonds. The molecule has 0 heterocycles. The summed E-state index contributed by atoms with van der Waals surface area (Å²) in [4.78, 5) is 11.9. The second-order valence-corrected chi connectivity index (χ2v) is 5.18. The van der Waals surface area contributed by atoms with Crippen molar-refractivity contribution in [2.45, 2.75) is 6.92 Å². The summed E-state index contributed by atoms with van der Waals surface area (Å²) in [7, 11) is 0. The number of nitrogens with two attached hydrogens (primary N) is 1. The SMILES string of the molecule is CC(=NNC(=O)c1ccc(Br)cc1)c1ccc(N)cc1. The summed E-state index contributed by atoms with van der Waals surface area (Å²) in [6, 6.07) is 14.4. The van der Waals surface area contributed by atoms with Crippen molar-refractivity contribution in [3.63, 3.8) is 0 Å². The monoisotopic (exact) mass is 331 g/mol. The van der Waals surface area contributed by atoms with Crippen LogP contribution in [0.4, 0.5) is 5.69 Å². The van der Waals surface area contributed by atoms with Crippen molar-refractivity contribution in [2.24, 2.45) is 5.10 Å². The molecule has 2 aromatic rings. The van der Waals surface area contributed by atoms with Crippen LogP contribution in [-0.4, -0.2) is 11.6 Å². The van der Waals surface area contributed by atoms with Gasteiger partial charge in [0, 0.05) is 15.7 Å². The molecule has 0 saturated carbocycles. The highest BCUT2D eigenvalue weighted by Crippen LogP contribution is 2.10. The van der Waals surface area contributed by atoms with Gasteiger partial charge in [-0.2, -0.15) is 5.10 Å². The van der Waals surface area contributed by atoms with Gasteiger partial charge in [-0.15, -0.1) is 0 Å². The van der Waals surface area contributed by atoms with E-state index >= 15 is 0 Å². The summed E-state index contributed by atoms with van der Waals surface area (Å²) in [5.74, 6) is -0.243. The Morgan fingerprint density at radius 1 is 1.05 bits per heavy atom. The molecule has 0 bridgehead atoms. The zero-order valence-electron chi connectivity index (χ0n) is 10.9. The molecule has 0 aromatic heterocycles. The Morgan fingerprint density at radius 2 is 1.60 bits per heavy atom. The second-order valence-electron chi connectivity index (χ2n) is 4.27. The van der Waals surface area contributed by atoms with Crippen molar-refractivity contribution in [3.8, 4) is 0 Å². The van der Waals surface area contributed by atoms with Crippen LogP contribution in [0.2, 0.25) is 0 Å². The van der Waals surface area contributed by atoms with Crippen molar-refractivity contribution < 1.29 is 4.79 Å². The third-order valence-electron chi connectivity index (χ3n) is 2.76. The van der Waals surface area contributed by atoms with E-state index in [0.717, 1.165) is 15.7 Å². The molecule has 102 valence electrons. The molecule has 5 heteroatoms. The van der Waals surface area contributed by atoms with Crippen LogP contribution in [0.3, 0.4) is 0 Å². The third kappa shape index (κ3) is 3.68. The van der Waals surface area contributed by atoms with Crippen molar-refractivity contribution in [2.75, 3.05) is 5.73 Å². The van der Waals surface area contributed by atoms with Gasteiger partial charge in [-0.25, -0.2) is 5.43 Å². The lowest BCUT2D eigenvalue weighted by molar-refractivity contribution is 0.0955. The Bertz CT molecular complexity index is 633. The van der Waals surface area contributed by atoms with Crippen molar-refractivity contribution in [1.29, 1.82) is 0 Å². The zero-order valence-corrected chi connectivity index (χ0v) is 12.5. The fourth-order valence-corrected chi connectivity index (χ4v) is 1.85. The molecule has 0 aliphatic carbocycles. The van der Waals surface area contributed by atoms with Crippen LogP contribution < -0.4 is 11.2 Å². The van der Waals surface area contributed by atoms with E-state index < -0.39 is 0 Å². The van der Waals surface area contributed by atoms with Crippen molar-refractivity contribution in [1.82, 2.24) is 5.43 Å². The van der Waals surface area contributed by atoms with Gasteiger partial charge in [0.25, 0.3) is 5.91 Å². The number of nitrogen functional groups attached to an aromatic ring is 1. The van der Waals surface area contributed by atoms with Gasteiger partial charge < -0.3 is 5.73 Å². The van der Waals surface area contributed by atoms with Crippen LogP contribution in [0.15, 0.2) is 58.1 Å². The second kappa shape index (κ2) is 6.34. The summed E-state index contributed by atoms with van der Waals surface area (Å²) in [5, 5.41) is 4.09. The first-order chi connectivity index (χ1) is 9.56. The van der Waals surface area contributed by atoms with Gasteiger partial charge >= 0.3 is 0 Å². The molecular formula is C15H14BrN3O. The van der Waals surface area contributed by atoms with E-state index in [9.17, 15) is 4.79 Å². The van der Waals surface area contributed by atoms with E-state index in [1.54, 1.807) is 24.3 Å². The summed E-state index contributed by atoms with van der Waals surface area (Å²) < 4.78 is 0.926. The normalized spacial score (nSPS) is 11.2. The van der Waals surface area contributed by atoms with Crippen molar-refractivity contribution in [3.05, 3.63) is 64.1 Å². The van der Waals surface area contributed by atoms with E-state index in [0.29, 0.717) is 11.3 Å². The van der Waals surface area contributed by atoms with Crippen LogP contribution in [-0.2, 0) is 0 Å². The molecule has 0 saturated heterocycles. The minimum Gasteiger partial charge on any atom is -0.399 e. The van der Waals surface area contributed by atoms with E-state index in [-0.39, 0.29) is 5.91 Å². The van der Waals surface area contributed by atoms with E-state index in [4.69, 9.17) is 5.73 Å². The van der Waals surface area contributed by atoms with Gasteiger partial charge in [-0.3, -0.25) is 4.79 Å². The van der Waals surface area contributed by atoms with Gasteiger partial charge in [-0.05, 0) is 48.9 Å². The Morgan fingerprint density at radius 3 is 2.20 bits per heavy atom. The number of hydrogen-bond acceptors (Lipinski definition) is 3. The smallest absolute Gasteiger partial charge is 0.271 e. The lowest BCUT2D eigenvalue weighted by atomic mass is 10.1. The van der Waals surface area contributed by atoms with Gasteiger partial charge in [0.1, 0.15) is 0 Å². The summed E-state index contributed by atoms with van der Waals surface area (Å²) >= 11 is 3.32. The maximum Gasteiger partial charge on any atom is 0.271 e. The zero-order chi connectivity index (χ0) is 14.5. The fourth-order valence-electron chi connectivity index (χ4n) is 1.59. The first-order valence-electron chi connectivity index (χ1n) is 6.02. The van der Waals surface area contributed by atoms with Gasteiger partial charge in [0.2, 0.25) is 0 Å². The van der Waals surface area contributed by atoms with Crippen LogP contribution in [0, 0.1) is 0 Å². The maximum atomic E-state index is 11.9. The average Bonchev–Trinajstić information content (AvgIpc) is 2.46. The molecule has 0 aliphatic rings. The standard InChI is InChI=1S/C15H14BrN3O/c1-10(11-4-8-14(17)9-5-11)18-19-15(20)12-2-6-13(16)7-3-12/h2-9H,17H2,1H3,(H,19,20). The predicted molar refractivity (Wildman–Crippen MR) is 84.7 cm³/mol. The quantitative estimate of drug-likeness (QED) is 0.515. The van der Waals surface area contributed by atoms with Crippen molar-refractivity contribution >= 4 is 33.2 Å². The Balaban J connectivity index is 2.06. The van der Waals surface area contributed by atoms with Crippen LogP contribution in [0.25, 0.3) is 0 Å². The van der Waals surface area contributed by atoms with Gasteiger partial charge in [0.15, 0.2) is 0 Å². The Hall–Kier alpha value is -2.14. The highest BCUT2D eigenvalue weighted by molar-refractivity contribution is 9.10. The summed E-state index contributed by atoms with van der Waals surface area (Å²) in [5.41, 5.74) is 11.0. The molecule has 0 radical (unpaired) electrons. The first-order valence-corrected chi connectivity index (χ1v) is 6.81. The number of benzene rings is 2. The third-order valence-corrected chi connectivity index (χ3v) is 3.29.